The molecule has 0 amide bonds. The highest BCUT2D eigenvalue weighted by atomic mass is 16.5. The number of rotatable bonds is 6. The SMILES string of the molecule is CC/C(=C/CC(C(=O)O)C(=O)OC)c1ccccc1. The fourth-order valence-electron chi connectivity index (χ4n) is 1.82. The van der Waals surface area contributed by atoms with Crippen molar-refractivity contribution in [2.24, 2.45) is 5.92 Å². The van der Waals surface area contributed by atoms with Gasteiger partial charge in [0.05, 0.1) is 7.11 Å². The smallest absolute Gasteiger partial charge is 0.320 e. The number of carboxylic acid groups (broad SMARTS) is 1. The molecule has 0 aliphatic rings. The van der Waals surface area contributed by atoms with Crippen LogP contribution in [0.25, 0.3) is 5.57 Å². The number of methoxy groups -OCH3 is 1. The number of hydrogen-bond acceptors (Lipinski definition) is 3. The molecule has 1 atom stereocenters. The Morgan fingerprint density at radius 1 is 1.32 bits per heavy atom. The van der Waals surface area contributed by atoms with Gasteiger partial charge in [0.1, 0.15) is 0 Å². The van der Waals surface area contributed by atoms with Gasteiger partial charge in [-0.05, 0) is 24.0 Å². The van der Waals surface area contributed by atoms with Crippen LogP contribution in [0.4, 0.5) is 0 Å². The van der Waals surface area contributed by atoms with Gasteiger partial charge in [-0.2, -0.15) is 0 Å². The normalized spacial score (nSPS) is 12.8. The zero-order chi connectivity index (χ0) is 14.3. The Labute approximate surface area is 112 Å². The van der Waals surface area contributed by atoms with E-state index in [1.807, 2.05) is 37.3 Å². The average Bonchev–Trinajstić information content (AvgIpc) is 2.43. The first-order chi connectivity index (χ1) is 9.10. The van der Waals surface area contributed by atoms with Crippen molar-refractivity contribution in [1.82, 2.24) is 0 Å². The lowest BCUT2D eigenvalue weighted by Gasteiger charge is -2.09. The van der Waals surface area contributed by atoms with E-state index in [0.717, 1.165) is 17.6 Å². The van der Waals surface area contributed by atoms with E-state index in [4.69, 9.17) is 5.11 Å². The van der Waals surface area contributed by atoms with Crippen molar-refractivity contribution in [3.63, 3.8) is 0 Å². The second-order valence-corrected chi connectivity index (χ2v) is 4.10. The molecule has 0 aliphatic carbocycles. The minimum Gasteiger partial charge on any atom is -0.481 e. The lowest BCUT2D eigenvalue weighted by molar-refractivity contribution is -0.156. The van der Waals surface area contributed by atoms with Crippen molar-refractivity contribution in [3.8, 4) is 0 Å². The molecule has 1 aromatic carbocycles. The minimum atomic E-state index is -1.16. The molecule has 1 N–H and O–H groups in total. The predicted molar refractivity (Wildman–Crippen MR) is 72.5 cm³/mol. The fourth-order valence-corrected chi connectivity index (χ4v) is 1.82. The Morgan fingerprint density at radius 3 is 2.42 bits per heavy atom. The number of benzene rings is 1. The van der Waals surface area contributed by atoms with E-state index < -0.39 is 17.9 Å². The van der Waals surface area contributed by atoms with Crippen LogP contribution in [0.3, 0.4) is 0 Å². The Morgan fingerprint density at radius 2 is 1.95 bits per heavy atom. The number of esters is 1. The van der Waals surface area contributed by atoms with Gasteiger partial charge in [0.15, 0.2) is 5.92 Å². The van der Waals surface area contributed by atoms with Gasteiger partial charge in [-0.3, -0.25) is 9.59 Å². The van der Waals surface area contributed by atoms with Crippen LogP contribution in [0, 0.1) is 5.92 Å². The van der Waals surface area contributed by atoms with Crippen LogP contribution >= 0.6 is 0 Å². The molecule has 0 fully saturated rings. The van der Waals surface area contributed by atoms with Crippen LogP contribution in [0.15, 0.2) is 36.4 Å². The third-order valence-corrected chi connectivity index (χ3v) is 2.91. The molecular weight excluding hydrogens is 244 g/mol. The molecule has 0 saturated carbocycles. The van der Waals surface area contributed by atoms with Gasteiger partial charge in [0.2, 0.25) is 0 Å². The van der Waals surface area contributed by atoms with Gasteiger partial charge in [0, 0.05) is 0 Å². The van der Waals surface area contributed by atoms with Crippen molar-refractivity contribution >= 4 is 17.5 Å². The number of carbonyl (C=O) groups excluding carboxylic acids is 1. The second-order valence-electron chi connectivity index (χ2n) is 4.10. The molecular formula is C15H18O4. The number of aliphatic carboxylic acids is 1. The number of hydrogen-bond donors (Lipinski definition) is 1. The van der Waals surface area contributed by atoms with Gasteiger partial charge >= 0.3 is 11.9 Å². The van der Waals surface area contributed by atoms with Crippen LogP contribution in [0.1, 0.15) is 25.3 Å². The molecule has 4 nitrogen and oxygen atoms in total. The largest absolute Gasteiger partial charge is 0.481 e. The Balaban J connectivity index is 2.87. The maximum Gasteiger partial charge on any atom is 0.320 e. The zero-order valence-corrected chi connectivity index (χ0v) is 11.1. The van der Waals surface area contributed by atoms with Crippen LogP contribution < -0.4 is 0 Å². The fraction of sp³-hybridized carbons (Fsp3) is 0.333. The van der Waals surface area contributed by atoms with Crippen LogP contribution in [0.5, 0.6) is 0 Å². The summed E-state index contributed by atoms with van der Waals surface area (Å²) in [6.45, 7) is 1.99. The highest BCUT2D eigenvalue weighted by Crippen LogP contribution is 2.20. The van der Waals surface area contributed by atoms with Crippen LogP contribution in [0.2, 0.25) is 0 Å². The standard InChI is InChI=1S/C15H18O4/c1-3-11(12-7-5-4-6-8-12)9-10-13(14(16)17)15(18)19-2/h4-9,13H,3,10H2,1-2H3,(H,16,17)/b11-9-. The van der Waals surface area contributed by atoms with E-state index in [2.05, 4.69) is 4.74 Å². The van der Waals surface area contributed by atoms with Crippen LogP contribution in [-0.2, 0) is 14.3 Å². The Kier molecular flexibility index (Phi) is 5.79. The summed E-state index contributed by atoms with van der Waals surface area (Å²) in [5.41, 5.74) is 2.06. The molecule has 1 aromatic rings. The highest BCUT2D eigenvalue weighted by Gasteiger charge is 2.25. The van der Waals surface area contributed by atoms with Gasteiger partial charge in [-0.1, -0.05) is 43.3 Å². The van der Waals surface area contributed by atoms with Crippen molar-refractivity contribution < 1.29 is 19.4 Å². The van der Waals surface area contributed by atoms with Crippen molar-refractivity contribution in [2.45, 2.75) is 19.8 Å². The Hall–Kier alpha value is -2.10. The first kappa shape index (κ1) is 15.0. The summed E-state index contributed by atoms with van der Waals surface area (Å²) < 4.78 is 4.50. The molecule has 102 valence electrons. The molecule has 0 bridgehead atoms. The molecule has 0 aromatic heterocycles. The first-order valence-corrected chi connectivity index (χ1v) is 6.15. The first-order valence-electron chi connectivity index (χ1n) is 6.15. The van der Waals surface area contributed by atoms with Gasteiger partial charge in [-0.25, -0.2) is 0 Å². The summed E-state index contributed by atoms with van der Waals surface area (Å²) in [5, 5.41) is 9.00. The molecule has 19 heavy (non-hydrogen) atoms. The van der Waals surface area contributed by atoms with Crippen molar-refractivity contribution in [2.75, 3.05) is 7.11 Å². The van der Waals surface area contributed by atoms with E-state index in [0.29, 0.717) is 0 Å². The van der Waals surface area contributed by atoms with E-state index in [1.165, 1.54) is 7.11 Å². The quantitative estimate of drug-likeness (QED) is 0.632. The van der Waals surface area contributed by atoms with Crippen molar-refractivity contribution in [1.29, 1.82) is 0 Å². The molecule has 0 saturated heterocycles. The summed E-state index contributed by atoms with van der Waals surface area (Å²) in [6.07, 6.45) is 2.71. The monoisotopic (exact) mass is 262 g/mol. The number of carboxylic acids is 1. The van der Waals surface area contributed by atoms with Gasteiger partial charge in [0.25, 0.3) is 0 Å². The Bertz CT molecular complexity index is 462. The van der Waals surface area contributed by atoms with E-state index >= 15 is 0 Å². The summed E-state index contributed by atoms with van der Waals surface area (Å²) in [4.78, 5) is 22.4. The second kappa shape index (κ2) is 7.36. The van der Waals surface area contributed by atoms with Crippen LogP contribution in [-0.4, -0.2) is 24.2 Å². The van der Waals surface area contributed by atoms with Crippen molar-refractivity contribution in [3.05, 3.63) is 42.0 Å². The van der Waals surface area contributed by atoms with E-state index in [9.17, 15) is 9.59 Å². The molecule has 0 spiro atoms. The summed E-state index contributed by atoms with van der Waals surface area (Å²) in [5.74, 6) is -3.02. The predicted octanol–water partition coefficient (Wildman–Crippen LogP) is 2.74. The number of carbonyl (C=O) groups is 2. The van der Waals surface area contributed by atoms with Gasteiger partial charge < -0.3 is 9.84 Å². The lowest BCUT2D eigenvalue weighted by Crippen LogP contribution is -2.24. The maximum absolute atomic E-state index is 11.4. The molecule has 1 rings (SSSR count). The molecule has 0 radical (unpaired) electrons. The topological polar surface area (TPSA) is 63.6 Å². The lowest BCUT2D eigenvalue weighted by atomic mass is 9.98. The van der Waals surface area contributed by atoms with Gasteiger partial charge in [-0.15, -0.1) is 0 Å². The highest BCUT2D eigenvalue weighted by molar-refractivity contribution is 5.94. The number of ether oxygens (including phenoxy) is 1. The zero-order valence-electron chi connectivity index (χ0n) is 11.1. The molecule has 4 heteroatoms. The molecule has 1 unspecified atom stereocenters. The summed E-state index contributed by atoms with van der Waals surface area (Å²) in [7, 11) is 1.19. The van der Waals surface area contributed by atoms with E-state index in [-0.39, 0.29) is 6.42 Å². The third kappa shape index (κ3) is 4.25. The molecule has 0 heterocycles. The third-order valence-electron chi connectivity index (χ3n) is 2.91. The van der Waals surface area contributed by atoms with E-state index in [1.54, 1.807) is 6.08 Å². The average molecular weight is 262 g/mol. The maximum atomic E-state index is 11.4. The summed E-state index contributed by atoms with van der Waals surface area (Å²) in [6, 6.07) is 9.69. The molecule has 0 aliphatic heterocycles. The minimum absolute atomic E-state index is 0.139. The number of allylic oxidation sites excluding steroid dienone is 2. The summed E-state index contributed by atoms with van der Waals surface area (Å²) >= 11 is 0.